The summed E-state index contributed by atoms with van der Waals surface area (Å²) < 4.78 is 26.7. The van der Waals surface area contributed by atoms with Gasteiger partial charge >= 0.3 is 0 Å². The fraction of sp³-hybridized carbons (Fsp3) is 0.182. The molecule has 0 amide bonds. The number of sulfonamides is 1. The molecule has 1 aromatic carbocycles. The van der Waals surface area contributed by atoms with E-state index in [9.17, 15) is 8.42 Å². The first-order valence-corrected chi connectivity index (χ1v) is 7.25. The summed E-state index contributed by atoms with van der Waals surface area (Å²) in [7, 11) is -0.0352. The fourth-order valence-corrected chi connectivity index (χ4v) is 2.71. The van der Waals surface area contributed by atoms with Crippen molar-refractivity contribution >= 4 is 33.0 Å². The second-order valence-corrected chi connectivity index (χ2v) is 6.21. The predicted molar refractivity (Wildman–Crippen MR) is 75.2 cm³/mol. The molecule has 0 radical (unpaired) electrons. The van der Waals surface area contributed by atoms with Crippen LogP contribution in [0.3, 0.4) is 0 Å². The van der Waals surface area contributed by atoms with Crippen LogP contribution in [0.25, 0.3) is 0 Å². The molecule has 2 N–H and O–H groups in total. The Morgan fingerprint density at radius 2 is 2.11 bits per heavy atom. The number of halogens is 1. The van der Waals surface area contributed by atoms with Crippen LogP contribution in [0.5, 0.6) is 0 Å². The summed E-state index contributed by atoms with van der Waals surface area (Å²) >= 11 is 5.90. The Morgan fingerprint density at radius 3 is 2.68 bits per heavy atom. The van der Waals surface area contributed by atoms with Gasteiger partial charge in [0.25, 0.3) is 10.0 Å². The highest BCUT2D eigenvalue weighted by atomic mass is 35.5. The molecule has 1 heterocycles. The third kappa shape index (κ3) is 2.99. The lowest BCUT2D eigenvalue weighted by molar-refractivity contribution is 0.601. The highest BCUT2D eigenvalue weighted by Crippen LogP contribution is 2.29. The third-order valence-corrected chi connectivity index (χ3v) is 4.04. The number of aromatic nitrogens is 2. The van der Waals surface area contributed by atoms with Crippen molar-refractivity contribution in [2.75, 3.05) is 23.7 Å². The van der Waals surface area contributed by atoms with Crippen molar-refractivity contribution in [2.24, 2.45) is 0 Å². The van der Waals surface area contributed by atoms with Crippen LogP contribution >= 0.6 is 11.6 Å². The highest BCUT2D eigenvalue weighted by molar-refractivity contribution is 7.92. The second-order valence-electron chi connectivity index (χ2n) is 4.10. The van der Waals surface area contributed by atoms with Crippen molar-refractivity contribution in [1.29, 1.82) is 0 Å². The fourth-order valence-electron chi connectivity index (χ4n) is 1.57. The maximum absolute atomic E-state index is 12.1. The zero-order chi connectivity index (χ0) is 14.0. The van der Waals surface area contributed by atoms with Gasteiger partial charge in [0.1, 0.15) is 4.90 Å². The lowest BCUT2D eigenvalue weighted by Crippen LogP contribution is -2.16. The number of nitrogens with one attached hydrogen (secondary N) is 2. The standard InChI is InChI=1S/C11H13ClN4O2S/c1-16(2)11-4-3-8(12)5-10(11)15-19(17,18)9-6-13-14-7-9/h3-7,15H,1-2H3,(H,13,14). The monoisotopic (exact) mass is 300 g/mol. The molecule has 0 aliphatic carbocycles. The van der Waals surface area contributed by atoms with E-state index >= 15 is 0 Å². The van der Waals surface area contributed by atoms with Gasteiger partial charge in [-0.3, -0.25) is 9.82 Å². The number of hydrogen-bond donors (Lipinski definition) is 2. The molecule has 1 aromatic heterocycles. The summed E-state index contributed by atoms with van der Waals surface area (Å²) in [4.78, 5) is 1.86. The van der Waals surface area contributed by atoms with Crippen LogP contribution in [-0.2, 0) is 10.0 Å². The summed E-state index contributed by atoms with van der Waals surface area (Å²) in [6, 6.07) is 5.01. The van der Waals surface area contributed by atoms with Gasteiger partial charge in [-0.05, 0) is 18.2 Å². The molecule has 0 unspecified atom stereocenters. The van der Waals surface area contributed by atoms with E-state index in [4.69, 9.17) is 11.6 Å². The average molecular weight is 301 g/mol. The summed E-state index contributed by atoms with van der Waals surface area (Å²) in [5, 5.41) is 6.54. The Morgan fingerprint density at radius 1 is 1.37 bits per heavy atom. The Labute approximate surface area is 116 Å². The first-order chi connectivity index (χ1) is 8.90. The lowest BCUT2D eigenvalue weighted by atomic mass is 10.2. The van der Waals surface area contributed by atoms with Crippen molar-refractivity contribution in [3.8, 4) is 0 Å². The largest absolute Gasteiger partial charge is 0.376 e. The van der Waals surface area contributed by atoms with Crippen LogP contribution in [0.2, 0.25) is 5.02 Å². The van der Waals surface area contributed by atoms with Gasteiger partial charge in [-0.25, -0.2) is 8.42 Å². The average Bonchev–Trinajstić information content (AvgIpc) is 2.81. The number of aromatic amines is 1. The van der Waals surface area contributed by atoms with E-state index in [-0.39, 0.29) is 4.90 Å². The molecule has 6 nitrogen and oxygen atoms in total. The summed E-state index contributed by atoms with van der Waals surface area (Å²) in [5.41, 5.74) is 1.13. The molecule has 0 fully saturated rings. The van der Waals surface area contributed by atoms with Crippen molar-refractivity contribution in [3.05, 3.63) is 35.6 Å². The van der Waals surface area contributed by atoms with E-state index in [1.54, 1.807) is 23.1 Å². The van der Waals surface area contributed by atoms with Crippen molar-refractivity contribution in [3.63, 3.8) is 0 Å². The first-order valence-electron chi connectivity index (χ1n) is 5.38. The molecular formula is C11H13ClN4O2S. The van der Waals surface area contributed by atoms with E-state index in [0.717, 1.165) is 5.69 Å². The summed E-state index contributed by atoms with van der Waals surface area (Å²) in [6.45, 7) is 0. The van der Waals surface area contributed by atoms with Crippen LogP contribution < -0.4 is 9.62 Å². The number of anilines is 2. The quantitative estimate of drug-likeness (QED) is 0.904. The molecule has 102 valence electrons. The highest BCUT2D eigenvalue weighted by Gasteiger charge is 2.17. The smallest absolute Gasteiger partial charge is 0.265 e. The number of hydrogen-bond acceptors (Lipinski definition) is 4. The predicted octanol–water partition coefficient (Wildman–Crippen LogP) is 1.93. The van der Waals surface area contributed by atoms with Gasteiger partial charge in [0.2, 0.25) is 0 Å². The van der Waals surface area contributed by atoms with Gasteiger partial charge in [0.05, 0.1) is 17.6 Å². The molecular weight excluding hydrogens is 288 g/mol. The van der Waals surface area contributed by atoms with Crippen LogP contribution in [-0.4, -0.2) is 32.7 Å². The molecule has 8 heteroatoms. The zero-order valence-electron chi connectivity index (χ0n) is 10.4. The van der Waals surface area contributed by atoms with Gasteiger partial charge in [-0.2, -0.15) is 5.10 Å². The third-order valence-electron chi connectivity index (χ3n) is 2.47. The van der Waals surface area contributed by atoms with Gasteiger partial charge in [0.15, 0.2) is 0 Å². The Bertz CT molecular complexity index is 668. The van der Waals surface area contributed by atoms with Gasteiger partial charge < -0.3 is 4.90 Å². The molecule has 0 aliphatic heterocycles. The molecule has 0 saturated heterocycles. The molecule has 2 aromatic rings. The number of benzene rings is 1. The minimum atomic E-state index is -3.67. The van der Waals surface area contributed by atoms with E-state index in [2.05, 4.69) is 14.9 Å². The van der Waals surface area contributed by atoms with Crippen LogP contribution in [0.4, 0.5) is 11.4 Å². The van der Waals surface area contributed by atoms with Crippen molar-refractivity contribution in [2.45, 2.75) is 4.90 Å². The van der Waals surface area contributed by atoms with E-state index in [1.165, 1.54) is 12.4 Å². The SMILES string of the molecule is CN(C)c1ccc(Cl)cc1NS(=O)(=O)c1cn[nH]c1. The van der Waals surface area contributed by atoms with E-state index in [0.29, 0.717) is 10.7 Å². The van der Waals surface area contributed by atoms with Crippen molar-refractivity contribution in [1.82, 2.24) is 10.2 Å². The van der Waals surface area contributed by atoms with Gasteiger partial charge in [-0.15, -0.1) is 0 Å². The molecule has 0 spiro atoms. The Balaban J connectivity index is 2.41. The minimum Gasteiger partial charge on any atom is -0.376 e. The first kappa shape index (κ1) is 13.7. The van der Waals surface area contributed by atoms with Crippen molar-refractivity contribution < 1.29 is 8.42 Å². The maximum Gasteiger partial charge on any atom is 0.265 e. The normalized spacial score (nSPS) is 11.3. The van der Waals surface area contributed by atoms with Crippen LogP contribution in [0, 0.1) is 0 Å². The minimum absolute atomic E-state index is 0.0668. The molecule has 0 atom stereocenters. The Hall–Kier alpha value is -1.73. The molecule has 0 saturated carbocycles. The van der Waals surface area contributed by atoms with Gasteiger partial charge in [-0.1, -0.05) is 11.6 Å². The number of rotatable bonds is 4. The molecule has 0 aliphatic rings. The van der Waals surface area contributed by atoms with E-state index < -0.39 is 10.0 Å². The maximum atomic E-state index is 12.1. The number of H-pyrrole nitrogens is 1. The van der Waals surface area contributed by atoms with Gasteiger partial charge in [0, 0.05) is 25.3 Å². The van der Waals surface area contributed by atoms with Crippen LogP contribution in [0.15, 0.2) is 35.5 Å². The Kier molecular flexibility index (Phi) is 3.68. The summed E-state index contributed by atoms with van der Waals surface area (Å²) in [6.07, 6.45) is 2.55. The lowest BCUT2D eigenvalue weighted by Gasteiger charge is -2.18. The summed E-state index contributed by atoms with van der Waals surface area (Å²) in [5.74, 6) is 0. The molecule has 0 bridgehead atoms. The zero-order valence-corrected chi connectivity index (χ0v) is 12.0. The number of nitrogens with zero attached hydrogens (tertiary/aromatic N) is 2. The molecule has 2 rings (SSSR count). The molecule has 19 heavy (non-hydrogen) atoms. The van der Waals surface area contributed by atoms with Crippen LogP contribution in [0.1, 0.15) is 0 Å². The second kappa shape index (κ2) is 5.10. The topological polar surface area (TPSA) is 78.1 Å². The van der Waals surface area contributed by atoms with E-state index in [1.807, 2.05) is 14.1 Å².